The summed E-state index contributed by atoms with van der Waals surface area (Å²) in [4.78, 5) is 24.3. The molecule has 2 aromatic rings. The Hall–Kier alpha value is -1.84. The minimum Gasteiger partial charge on any atom is -0.267 e. The van der Waals surface area contributed by atoms with E-state index in [-0.39, 0.29) is 11.1 Å². The van der Waals surface area contributed by atoms with Crippen LogP contribution in [-0.2, 0) is 13.1 Å². The SMILES string of the molecule is O=c1c2ccccc2c(=O)n2n1CCCC2. The molecule has 0 N–H and O–H groups in total. The molecule has 0 aliphatic carbocycles. The Morgan fingerprint density at radius 2 is 1.25 bits per heavy atom. The predicted molar refractivity (Wildman–Crippen MR) is 61.7 cm³/mol. The minimum atomic E-state index is -0.0464. The van der Waals surface area contributed by atoms with Crippen LogP contribution in [0.1, 0.15) is 12.8 Å². The van der Waals surface area contributed by atoms with Gasteiger partial charge in [-0.05, 0) is 25.0 Å². The lowest BCUT2D eigenvalue weighted by Gasteiger charge is -2.20. The molecule has 0 bridgehead atoms. The van der Waals surface area contributed by atoms with Gasteiger partial charge in [0.2, 0.25) is 0 Å². The van der Waals surface area contributed by atoms with E-state index in [1.54, 1.807) is 33.6 Å². The van der Waals surface area contributed by atoms with Gasteiger partial charge in [-0.25, -0.2) is 9.36 Å². The Morgan fingerprint density at radius 3 is 1.69 bits per heavy atom. The van der Waals surface area contributed by atoms with E-state index >= 15 is 0 Å². The van der Waals surface area contributed by atoms with Crippen LogP contribution in [0.2, 0.25) is 0 Å². The zero-order valence-electron chi connectivity index (χ0n) is 8.85. The van der Waals surface area contributed by atoms with E-state index in [1.807, 2.05) is 0 Å². The van der Waals surface area contributed by atoms with Gasteiger partial charge in [-0.1, -0.05) is 12.1 Å². The standard InChI is InChI=1S/C12H12N2O2/c15-11-9-5-1-2-6-10(9)12(16)14-8-4-3-7-13(11)14/h1-2,5-6H,3-4,7-8H2. The number of rotatable bonds is 0. The van der Waals surface area contributed by atoms with Gasteiger partial charge >= 0.3 is 0 Å². The third-order valence-corrected chi connectivity index (χ3v) is 3.14. The van der Waals surface area contributed by atoms with E-state index in [4.69, 9.17) is 0 Å². The number of aromatic nitrogens is 2. The zero-order chi connectivity index (χ0) is 11.1. The van der Waals surface area contributed by atoms with Gasteiger partial charge in [0.05, 0.1) is 10.8 Å². The van der Waals surface area contributed by atoms with Crippen molar-refractivity contribution in [3.8, 4) is 0 Å². The summed E-state index contributed by atoms with van der Waals surface area (Å²) >= 11 is 0. The van der Waals surface area contributed by atoms with Crippen molar-refractivity contribution in [3.63, 3.8) is 0 Å². The number of nitrogens with zero attached hydrogens (tertiary/aromatic N) is 2. The fraction of sp³-hybridized carbons (Fsp3) is 0.333. The lowest BCUT2D eigenvalue weighted by Crippen LogP contribution is -2.41. The van der Waals surface area contributed by atoms with Crippen LogP contribution in [0.5, 0.6) is 0 Å². The fourth-order valence-electron chi connectivity index (χ4n) is 2.32. The van der Waals surface area contributed by atoms with Gasteiger partial charge in [0.1, 0.15) is 0 Å². The van der Waals surface area contributed by atoms with E-state index in [2.05, 4.69) is 0 Å². The zero-order valence-corrected chi connectivity index (χ0v) is 8.85. The van der Waals surface area contributed by atoms with E-state index in [0.29, 0.717) is 23.9 Å². The van der Waals surface area contributed by atoms with Gasteiger partial charge in [-0.2, -0.15) is 0 Å². The van der Waals surface area contributed by atoms with Gasteiger partial charge in [-0.3, -0.25) is 9.59 Å². The Balaban J connectivity index is 2.54. The Labute approximate surface area is 91.7 Å². The van der Waals surface area contributed by atoms with Crippen LogP contribution in [-0.4, -0.2) is 9.36 Å². The van der Waals surface area contributed by atoms with Crippen LogP contribution in [0.3, 0.4) is 0 Å². The summed E-state index contributed by atoms with van der Waals surface area (Å²) in [6.45, 7) is 1.30. The van der Waals surface area contributed by atoms with Crippen molar-refractivity contribution in [2.24, 2.45) is 0 Å². The molecule has 0 spiro atoms. The first-order valence-electron chi connectivity index (χ1n) is 5.52. The molecule has 3 rings (SSSR count). The van der Waals surface area contributed by atoms with Crippen molar-refractivity contribution >= 4 is 10.8 Å². The molecule has 0 amide bonds. The van der Waals surface area contributed by atoms with E-state index in [1.165, 1.54) is 0 Å². The average molecular weight is 216 g/mol. The van der Waals surface area contributed by atoms with Gasteiger partial charge in [0, 0.05) is 13.1 Å². The molecule has 0 saturated carbocycles. The lowest BCUT2D eigenvalue weighted by atomic mass is 10.2. The quantitative estimate of drug-likeness (QED) is 0.658. The van der Waals surface area contributed by atoms with E-state index in [0.717, 1.165) is 12.8 Å². The molecule has 4 heteroatoms. The second kappa shape index (κ2) is 3.33. The molecule has 1 aliphatic rings. The Bertz CT molecular complexity index is 608. The molecule has 0 fully saturated rings. The van der Waals surface area contributed by atoms with Crippen molar-refractivity contribution in [1.82, 2.24) is 9.36 Å². The highest BCUT2D eigenvalue weighted by atomic mass is 16.2. The maximum Gasteiger partial charge on any atom is 0.273 e. The normalized spacial score (nSPS) is 15.0. The molecule has 0 atom stereocenters. The monoisotopic (exact) mass is 216 g/mol. The summed E-state index contributed by atoms with van der Waals surface area (Å²) in [5, 5.41) is 1.07. The second-order valence-corrected chi connectivity index (χ2v) is 4.11. The number of hydrogen-bond donors (Lipinski definition) is 0. The molecule has 0 radical (unpaired) electrons. The predicted octanol–water partition coefficient (Wildman–Crippen LogP) is 0.957. The minimum absolute atomic E-state index is 0.0464. The van der Waals surface area contributed by atoms with Crippen molar-refractivity contribution in [3.05, 3.63) is 45.0 Å². The molecule has 4 nitrogen and oxygen atoms in total. The van der Waals surface area contributed by atoms with Crippen LogP contribution < -0.4 is 11.1 Å². The molecular weight excluding hydrogens is 204 g/mol. The molecule has 1 aromatic carbocycles. The van der Waals surface area contributed by atoms with Crippen molar-refractivity contribution in [1.29, 1.82) is 0 Å². The summed E-state index contributed by atoms with van der Waals surface area (Å²) in [5.41, 5.74) is -0.0928. The van der Waals surface area contributed by atoms with Crippen LogP contribution in [0.25, 0.3) is 10.8 Å². The summed E-state index contributed by atoms with van der Waals surface area (Å²) in [6, 6.07) is 7.04. The number of benzene rings is 1. The van der Waals surface area contributed by atoms with Gasteiger partial charge in [-0.15, -0.1) is 0 Å². The maximum atomic E-state index is 12.1. The molecule has 82 valence electrons. The highest BCUT2D eigenvalue weighted by molar-refractivity contribution is 5.80. The lowest BCUT2D eigenvalue weighted by molar-refractivity contribution is 0.337. The van der Waals surface area contributed by atoms with Crippen molar-refractivity contribution in [2.75, 3.05) is 0 Å². The fourth-order valence-corrected chi connectivity index (χ4v) is 2.32. The molecule has 0 unspecified atom stereocenters. The van der Waals surface area contributed by atoms with Crippen LogP contribution >= 0.6 is 0 Å². The van der Waals surface area contributed by atoms with Crippen molar-refractivity contribution in [2.45, 2.75) is 25.9 Å². The van der Waals surface area contributed by atoms with Crippen LogP contribution in [0.15, 0.2) is 33.9 Å². The van der Waals surface area contributed by atoms with Crippen LogP contribution in [0, 0.1) is 0 Å². The van der Waals surface area contributed by atoms with E-state index < -0.39 is 0 Å². The Morgan fingerprint density at radius 1 is 0.812 bits per heavy atom. The van der Waals surface area contributed by atoms with Crippen LogP contribution in [0.4, 0.5) is 0 Å². The second-order valence-electron chi connectivity index (χ2n) is 4.11. The largest absolute Gasteiger partial charge is 0.273 e. The molecule has 1 aliphatic heterocycles. The smallest absolute Gasteiger partial charge is 0.267 e. The molecular formula is C12H12N2O2. The molecule has 2 heterocycles. The Kier molecular flexibility index (Phi) is 1.96. The number of hydrogen-bond acceptors (Lipinski definition) is 2. The average Bonchev–Trinajstić information content (AvgIpc) is 2.36. The molecule has 16 heavy (non-hydrogen) atoms. The summed E-state index contributed by atoms with van der Waals surface area (Å²) in [6.07, 6.45) is 1.94. The van der Waals surface area contributed by atoms with Gasteiger partial charge < -0.3 is 0 Å². The van der Waals surface area contributed by atoms with Gasteiger partial charge in [0.25, 0.3) is 11.1 Å². The third-order valence-electron chi connectivity index (χ3n) is 3.14. The first-order valence-corrected chi connectivity index (χ1v) is 5.52. The summed E-state index contributed by atoms with van der Waals surface area (Å²) < 4.78 is 3.16. The molecule has 0 saturated heterocycles. The van der Waals surface area contributed by atoms with Gasteiger partial charge in [0.15, 0.2) is 0 Å². The maximum absolute atomic E-state index is 12.1. The summed E-state index contributed by atoms with van der Waals surface area (Å²) in [5.74, 6) is 0. The molecule has 1 aromatic heterocycles. The van der Waals surface area contributed by atoms with E-state index in [9.17, 15) is 9.59 Å². The first-order chi connectivity index (χ1) is 7.79. The highest BCUT2D eigenvalue weighted by Crippen LogP contribution is 2.08. The topological polar surface area (TPSA) is 44.0 Å². The third kappa shape index (κ3) is 1.16. The van der Waals surface area contributed by atoms with Crippen molar-refractivity contribution < 1.29 is 0 Å². The summed E-state index contributed by atoms with van der Waals surface area (Å²) in [7, 11) is 0. The first kappa shape index (κ1) is 9.39. The highest BCUT2D eigenvalue weighted by Gasteiger charge is 2.14. The number of fused-ring (bicyclic) bond motifs is 2.